The molecule has 10 fully saturated rings. The van der Waals surface area contributed by atoms with Crippen molar-refractivity contribution in [2.45, 2.75) is 211 Å². The normalized spacial score (nSPS) is 34.4. The zero-order chi connectivity index (χ0) is 49.8. The van der Waals surface area contributed by atoms with Crippen molar-refractivity contribution in [1.82, 2.24) is 0 Å². The van der Waals surface area contributed by atoms with E-state index >= 15 is 0 Å². The average Bonchev–Trinajstić information content (AvgIpc) is 3.70. The van der Waals surface area contributed by atoms with E-state index in [2.05, 4.69) is 111 Å². The first-order valence-corrected chi connectivity index (χ1v) is 47.5. The molecule has 16 rings (SSSR count). The standard InChI is InChI=1S/2C33H39.C4H11Si.2ClH.Zr/c2*1-2-4-7-23(6-3-1)14-24-18-29-8-5-9-31(32(29)19-24)28-10-12-30(13-11-28)33-20-25-15-26(21-33)17-27(16-25)22-33;1-3-4-5-2;;;/h2*5,8-13,18-19,23,25-27H,1-4,6-7,14-17,20-22H2;5H,3-4H2,1-2H3;2*1H;/q;;;;;+2/p-2. The van der Waals surface area contributed by atoms with Gasteiger partial charge in [0.2, 0.25) is 0 Å². The molecule has 10 saturated carbocycles. The summed E-state index contributed by atoms with van der Waals surface area (Å²) in [5.74, 6) is 5.40. The summed E-state index contributed by atoms with van der Waals surface area (Å²) in [7, 11) is 19.1. The van der Waals surface area contributed by atoms with E-state index in [1.165, 1.54) is 211 Å². The third-order valence-electron chi connectivity index (χ3n) is 23.8. The van der Waals surface area contributed by atoms with Crippen molar-refractivity contribution in [3.63, 3.8) is 0 Å². The van der Waals surface area contributed by atoms with Crippen molar-refractivity contribution in [1.29, 1.82) is 0 Å². The molecule has 4 heteroatoms. The zero-order valence-corrected chi connectivity index (χ0v) is 50.8. The number of allylic oxidation sites excluding steroid dienone is 2. The zero-order valence-electron chi connectivity index (χ0n) is 45.6. The summed E-state index contributed by atoms with van der Waals surface area (Å²) in [6, 6.07) is 36.6. The fourth-order valence-corrected chi connectivity index (χ4v) is 62.5. The molecule has 12 aliphatic carbocycles. The molecule has 0 heterocycles. The first-order valence-electron chi connectivity index (χ1n) is 31.5. The number of halogens is 2. The van der Waals surface area contributed by atoms with Crippen LogP contribution >= 0.6 is 17.0 Å². The molecule has 0 N–H and O–H groups in total. The van der Waals surface area contributed by atoms with Gasteiger partial charge in [-0.2, -0.15) is 0 Å². The molecule has 0 saturated heterocycles. The Labute approximate surface area is 456 Å². The number of hydrogen-bond acceptors (Lipinski definition) is 0. The van der Waals surface area contributed by atoms with Gasteiger partial charge in [-0.1, -0.05) is 0 Å². The molecular weight excluding hydrogens is 1030 g/mol. The van der Waals surface area contributed by atoms with Gasteiger partial charge in [-0.15, -0.1) is 0 Å². The van der Waals surface area contributed by atoms with Crippen molar-refractivity contribution in [2.24, 2.45) is 47.3 Å². The van der Waals surface area contributed by atoms with Crippen molar-refractivity contribution in [2.75, 3.05) is 0 Å². The molecule has 0 aromatic heterocycles. The van der Waals surface area contributed by atoms with Gasteiger partial charge in [0.25, 0.3) is 0 Å². The summed E-state index contributed by atoms with van der Waals surface area (Å²) in [4.78, 5) is 0. The Hall–Kier alpha value is -1.96. The van der Waals surface area contributed by atoms with E-state index in [0.717, 1.165) is 48.3 Å². The van der Waals surface area contributed by atoms with Crippen molar-refractivity contribution in [3.05, 3.63) is 129 Å². The molecule has 391 valence electrons. The summed E-state index contributed by atoms with van der Waals surface area (Å²) in [5.41, 5.74) is 18.9. The molecule has 74 heavy (non-hydrogen) atoms. The van der Waals surface area contributed by atoms with Crippen LogP contribution in [0, 0.1) is 47.3 Å². The van der Waals surface area contributed by atoms with E-state index in [-0.39, 0.29) is 7.25 Å². The second-order valence-corrected chi connectivity index (χ2v) is 69.8. The predicted molar refractivity (Wildman–Crippen MR) is 316 cm³/mol. The Morgan fingerprint density at radius 2 is 0.824 bits per heavy atom. The molecule has 0 radical (unpaired) electrons. The molecule has 0 aliphatic heterocycles. The van der Waals surface area contributed by atoms with Crippen LogP contribution in [-0.2, 0) is 26.4 Å². The molecule has 0 amide bonds. The summed E-state index contributed by atoms with van der Waals surface area (Å²) < 4.78 is 0.295. The third-order valence-corrected chi connectivity index (χ3v) is 74.2. The SMILES string of the molecule is CCC[SiH](C)[Zr]([Cl])([Cl])([CH]1C(CC2CCCCCC2)=Cc2c(-c3ccc(C45CC6CC(CC(C6)C4)C5)cc3)cccc21)[CH]1C(CC2CCCCCC2)=Cc2c(-c3ccc(C45CC6CC(CC(C6)C4)C5)cc3)cccc21. The first kappa shape index (κ1) is 50.3. The Morgan fingerprint density at radius 3 is 1.16 bits per heavy atom. The second kappa shape index (κ2) is 19.7. The van der Waals surface area contributed by atoms with E-state index in [4.69, 9.17) is 0 Å². The van der Waals surface area contributed by atoms with Gasteiger partial charge >= 0.3 is 461 Å². The Kier molecular flexibility index (Phi) is 13.4. The van der Waals surface area contributed by atoms with Crippen LogP contribution in [0.15, 0.2) is 96.1 Å². The quantitative estimate of drug-likeness (QED) is 0.0925. The van der Waals surface area contributed by atoms with Gasteiger partial charge in [0.05, 0.1) is 0 Å². The number of fused-ring (bicyclic) bond motifs is 2. The van der Waals surface area contributed by atoms with Crippen molar-refractivity contribution < 1.29 is 15.6 Å². The van der Waals surface area contributed by atoms with Crippen LogP contribution in [0.3, 0.4) is 0 Å². The van der Waals surface area contributed by atoms with E-state index in [1.54, 1.807) is 22.3 Å². The number of rotatable bonds is 13. The molecule has 8 bridgehead atoms. The molecule has 4 aromatic carbocycles. The average molecular weight is 1120 g/mol. The summed E-state index contributed by atoms with van der Waals surface area (Å²) in [6.45, 7) is 5.12. The summed E-state index contributed by atoms with van der Waals surface area (Å²) in [5, 5.41) is 0. The molecule has 0 spiro atoms. The predicted octanol–water partition coefficient (Wildman–Crippen LogP) is 21.0. The molecule has 12 aliphatic rings. The van der Waals surface area contributed by atoms with Gasteiger partial charge in [0.15, 0.2) is 0 Å². The van der Waals surface area contributed by atoms with Gasteiger partial charge in [-0.05, 0) is 0 Å². The van der Waals surface area contributed by atoms with E-state index in [0.29, 0.717) is 22.7 Å². The fraction of sp³-hybridized carbons (Fsp3) is 0.600. The fourth-order valence-electron chi connectivity index (χ4n) is 21.3. The van der Waals surface area contributed by atoms with Crippen LogP contribution in [0.1, 0.15) is 221 Å². The van der Waals surface area contributed by atoms with Crippen molar-refractivity contribution in [3.8, 4) is 22.3 Å². The number of benzene rings is 4. The minimum absolute atomic E-state index is 0.147. The van der Waals surface area contributed by atoms with E-state index in [1.807, 2.05) is 0 Å². The van der Waals surface area contributed by atoms with Gasteiger partial charge < -0.3 is 0 Å². The molecule has 3 unspecified atom stereocenters. The monoisotopic (exact) mass is 1120 g/mol. The number of hydrogen-bond donors (Lipinski definition) is 0. The van der Waals surface area contributed by atoms with Gasteiger partial charge in [0.1, 0.15) is 0 Å². The van der Waals surface area contributed by atoms with Gasteiger partial charge in [-0.3, -0.25) is 0 Å². The van der Waals surface area contributed by atoms with Gasteiger partial charge in [0, 0.05) is 0 Å². The second-order valence-electron chi connectivity index (χ2n) is 28.5. The Bertz CT molecular complexity index is 2540. The molecule has 0 nitrogen and oxygen atoms in total. The minimum atomic E-state index is -5.18. The van der Waals surface area contributed by atoms with Crippen LogP contribution in [0.4, 0.5) is 0 Å². The van der Waals surface area contributed by atoms with Crippen LogP contribution in [0.25, 0.3) is 34.4 Å². The van der Waals surface area contributed by atoms with E-state index in [9.17, 15) is 17.0 Å². The maximum atomic E-state index is 9.57. The van der Waals surface area contributed by atoms with Crippen molar-refractivity contribution >= 4 is 35.1 Å². The summed E-state index contributed by atoms with van der Waals surface area (Å²) in [6.07, 6.45) is 42.9. The topological polar surface area (TPSA) is 0 Å². The molecule has 4 aromatic rings. The Balaban J connectivity index is 0.888. The maximum absolute atomic E-state index is 9.57. The third kappa shape index (κ3) is 8.60. The molecular formula is C70H89Cl2SiZr. The van der Waals surface area contributed by atoms with Crippen LogP contribution < -0.4 is 0 Å². The summed E-state index contributed by atoms with van der Waals surface area (Å²) >= 11 is -5.18. The van der Waals surface area contributed by atoms with E-state index < -0.39 is 21.5 Å². The Morgan fingerprint density at radius 1 is 0.473 bits per heavy atom. The van der Waals surface area contributed by atoms with Crippen LogP contribution in [-0.4, -0.2) is 5.92 Å². The van der Waals surface area contributed by atoms with Crippen LogP contribution in [0.2, 0.25) is 12.6 Å². The first-order chi connectivity index (χ1) is 36.0. The van der Waals surface area contributed by atoms with Gasteiger partial charge in [-0.25, -0.2) is 0 Å². The molecule has 3 atom stereocenters. The van der Waals surface area contributed by atoms with Crippen LogP contribution in [0.5, 0.6) is 0 Å².